The number of nitrogens with zero attached hydrogens (tertiary/aromatic N) is 1. The lowest BCUT2D eigenvalue weighted by Crippen LogP contribution is -1.95. The van der Waals surface area contributed by atoms with Gasteiger partial charge in [-0.15, -0.1) is 0 Å². The third-order valence-electron chi connectivity index (χ3n) is 1.76. The third kappa shape index (κ3) is 2.98. The minimum atomic E-state index is 0.0670. The average Bonchev–Trinajstić information content (AvgIpc) is 2.18. The number of benzene rings is 1. The molecule has 72 valence electrons. The van der Waals surface area contributed by atoms with Gasteiger partial charge < -0.3 is 0 Å². The van der Waals surface area contributed by atoms with Gasteiger partial charge in [-0.25, -0.2) is 0 Å². The minimum Gasteiger partial charge on any atom is -0.298 e. The van der Waals surface area contributed by atoms with Crippen molar-refractivity contribution in [1.82, 2.24) is 0 Å². The van der Waals surface area contributed by atoms with E-state index in [9.17, 15) is 4.79 Å². The maximum Gasteiger partial charge on any atom is 0.151 e. The molecule has 0 aromatic heterocycles. The summed E-state index contributed by atoms with van der Waals surface area (Å²) >= 11 is 0. The van der Waals surface area contributed by atoms with Gasteiger partial charge in [0.05, 0.1) is 6.54 Å². The highest BCUT2D eigenvalue weighted by molar-refractivity contribution is 5.87. The Kier molecular flexibility index (Phi) is 3.80. The molecular formula is C12H13NO. The zero-order valence-electron chi connectivity index (χ0n) is 8.23. The number of rotatable bonds is 4. The van der Waals surface area contributed by atoms with Crippen LogP contribution in [0, 0.1) is 0 Å². The molecule has 0 fully saturated rings. The van der Waals surface area contributed by atoms with Gasteiger partial charge in [0.15, 0.2) is 5.78 Å². The average molecular weight is 187 g/mol. The van der Waals surface area contributed by atoms with E-state index in [1.54, 1.807) is 12.3 Å². The highest BCUT2D eigenvalue weighted by Crippen LogP contribution is 2.06. The Bertz CT molecular complexity index is 366. The van der Waals surface area contributed by atoms with Crippen LogP contribution >= 0.6 is 0 Å². The minimum absolute atomic E-state index is 0.0670. The maximum absolute atomic E-state index is 10.7. The number of carbonyl (C=O) groups is 1. The maximum atomic E-state index is 10.7. The van der Waals surface area contributed by atoms with E-state index in [2.05, 4.69) is 11.6 Å². The van der Waals surface area contributed by atoms with Gasteiger partial charge in [0, 0.05) is 6.21 Å². The second kappa shape index (κ2) is 5.12. The molecule has 0 aliphatic heterocycles. The lowest BCUT2D eigenvalue weighted by Gasteiger charge is -1.98. The van der Waals surface area contributed by atoms with Crippen LogP contribution in [-0.4, -0.2) is 18.5 Å². The second-order valence-electron chi connectivity index (χ2n) is 3.00. The van der Waals surface area contributed by atoms with E-state index in [1.807, 2.05) is 24.3 Å². The van der Waals surface area contributed by atoms with Crippen LogP contribution in [0.15, 0.2) is 35.8 Å². The van der Waals surface area contributed by atoms with Crippen molar-refractivity contribution in [3.63, 3.8) is 0 Å². The fourth-order valence-electron chi connectivity index (χ4n) is 1.09. The van der Waals surface area contributed by atoms with Crippen LogP contribution in [-0.2, 0) is 4.79 Å². The van der Waals surface area contributed by atoms with Gasteiger partial charge in [-0.3, -0.25) is 9.79 Å². The fourth-order valence-corrected chi connectivity index (χ4v) is 1.09. The van der Waals surface area contributed by atoms with Crippen LogP contribution in [0.25, 0.3) is 6.08 Å². The molecule has 0 unspecified atom stereocenters. The monoisotopic (exact) mass is 187 g/mol. The van der Waals surface area contributed by atoms with Gasteiger partial charge in [0.25, 0.3) is 0 Å². The molecule has 0 aliphatic rings. The number of hydrogen-bond donors (Lipinski definition) is 0. The summed E-state index contributed by atoms with van der Waals surface area (Å²) in [6.07, 6.45) is 3.48. The van der Waals surface area contributed by atoms with Crippen LogP contribution in [0.1, 0.15) is 18.1 Å². The van der Waals surface area contributed by atoms with Crippen molar-refractivity contribution in [2.45, 2.75) is 6.92 Å². The number of Topliss-reactive ketones (excluding diaryl/α,β-unsaturated/α-hetero) is 1. The topological polar surface area (TPSA) is 29.4 Å². The molecule has 14 heavy (non-hydrogen) atoms. The molecule has 0 radical (unpaired) electrons. The first-order valence-corrected chi connectivity index (χ1v) is 4.45. The van der Waals surface area contributed by atoms with Crippen molar-refractivity contribution < 1.29 is 4.79 Å². The molecule has 0 N–H and O–H groups in total. The molecule has 1 rings (SSSR count). The zero-order chi connectivity index (χ0) is 10.4. The molecule has 0 saturated carbocycles. The molecule has 0 heterocycles. The highest BCUT2D eigenvalue weighted by Gasteiger charge is 1.93. The molecule has 1 aromatic carbocycles. The summed E-state index contributed by atoms with van der Waals surface area (Å²) in [7, 11) is 0. The first kappa shape index (κ1) is 10.4. The molecule has 0 saturated heterocycles. The van der Waals surface area contributed by atoms with E-state index in [0.717, 1.165) is 11.1 Å². The molecule has 2 heteroatoms. The van der Waals surface area contributed by atoms with Crippen LogP contribution in [0.2, 0.25) is 0 Å². The van der Waals surface area contributed by atoms with Crippen molar-refractivity contribution in [3.05, 3.63) is 42.0 Å². The normalized spacial score (nSPS) is 10.4. The Morgan fingerprint density at radius 1 is 1.43 bits per heavy atom. The molecule has 0 aliphatic carbocycles. The quantitative estimate of drug-likeness (QED) is 0.665. The van der Waals surface area contributed by atoms with Crippen molar-refractivity contribution in [2.24, 2.45) is 4.99 Å². The Morgan fingerprint density at radius 3 is 2.64 bits per heavy atom. The summed E-state index contributed by atoms with van der Waals surface area (Å²) in [4.78, 5) is 14.7. The Hall–Kier alpha value is -1.70. The van der Waals surface area contributed by atoms with Crippen LogP contribution < -0.4 is 0 Å². The van der Waals surface area contributed by atoms with Crippen molar-refractivity contribution in [2.75, 3.05) is 6.54 Å². The van der Waals surface area contributed by atoms with Crippen molar-refractivity contribution >= 4 is 18.1 Å². The molecule has 0 amide bonds. The number of hydrogen-bond acceptors (Lipinski definition) is 2. The van der Waals surface area contributed by atoms with E-state index < -0.39 is 0 Å². The Labute approximate surface area is 84.0 Å². The standard InChI is InChI=1S/C12H13NO/c1-3-11-6-4-5-7-12(11)9-13-8-10(2)14/h3-7,9H,1,8H2,2H3. The van der Waals surface area contributed by atoms with E-state index in [4.69, 9.17) is 0 Å². The summed E-state index contributed by atoms with van der Waals surface area (Å²) in [5.74, 6) is 0.0670. The number of aliphatic imine (C=N–C) groups is 1. The largest absolute Gasteiger partial charge is 0.298 e. The van der Waals surface area contributed by atoms with E-state index >= 15 is 0 Å². The van der Waals surface area contributed by atoms with Crippen molar-refractivity contribution in [1.29, 1.82) is 0 Å². The SMILES string of the molecule is C=Cc1ccccc1C=NCC(C)=O. The Balaban J connectivity index is 2.80. The molecule has 0 spiro atoms. The van der Waals surface area contributed by atoms with Crippen LogP contribution in [0.5, 0.6) is 0 Å². The molecular weight excluding hydrogens is 174 g/mol. The Morgan fingerprint density at radius 2 is 2.07 bits per heavy atom. The van der Waals surface area contributed by atoms with E-state index in [0.29, 0.717) is 0 Å². The molecule has 0 atom stereocenters. The van der Waals surface area contributed by atoms with Gasteiger partial charge in [-0.1, -0.05) is 36.9 Å². The van der Waals surface area contributed by atoms with Crippen LogP contribution in [0.3, 0.4) is 0 Å². The summed E-state index contributed by atoms with van der Waals surface area (Å²) in [5, 5.41) is 0. The first-order chi connectivity index (χ1) is 6.74. The second-order valence-corrected chi connectivity index (χ2v) is 3.00. The summed E-state index contributed by atoms with van der Waals surface area (Å²) < 4.78 is 0. The predicted octanol–water partition coefficient (Wildman–Crippen LogP) is 2.34. The van der Waals surface area contributed by atoms with Gasteiger partial charge in [0.1, 0.15) is 0 Å². The lowest BCUT2D eigenvalue weighted by molar-refractivity contribution is -0.115. The van der Waals surface area contributed by atoms with E-state index in [1.165, 1.54) is 6.92 Å². The number of ketones is 1. The summed E-state index contributed by atoms with van der Waals surface area (Å²) in [5.41, 5.74) is 2.02. The van der Waals surface area contributed by atoms with Crippen molar-refractivity contribution in [3.8, 4) is 0 Å². The molecule has 1 aromatic rings. The summed E-state index contributed by atoms with van der Waals surface area (Å²) in [6, 6.07) is 7.78. The van der Waals surface area contributed by atoms with Gasteiger partial charge in [-0.05, 0) is 18.1 Å². The summed E-state index contributed by atoms with van der Waals surface area (Å²) in [6.45, 7) is 5.47. The lowest BCUT2D eigenvalue weighted by atomic mass is 10.1. The molecule has 0 bridgehead atoms. The predicted molar refractivity (Wildman–Crippen MR) is 59.7 cm³/mol. The van der Waals surface area contributed by atoms with Gasteiger partial charge >= 0.3 is 0 Å². The van der Waals surface area contributed by atoms with E-state index in [-0.39, 0.29) is 12.3 Å². The van der Waals surface area contributed by atoms with Crippen LogP contribution in [0.4, 0.5) is 0 Å². The first-order valence-electron chi connectivity index (χ1n) is 4.45. The van der Waals surface area contributed by atoms with Gasteiger partial charge in [-0.2, -0.15) is 0 Å². The smallest absolute Gasteiger partial charge is 0.151 e. The zero-order valence-corrected chi connectivity index (χ0v) is 8.23. The number of carbonyl (C=O) groups excluding carboxylic acids is 1. The fraction of sp³-hybridized carbons (Fsp3) is 0.167. The highest BCUT2D eigenvalue weighted by atomic mass is 16.1. The van der Waals surface area contributed by atoms with Gasteiger partial charge in [0.2, 0.25) is 0 Å². The third-order valence-corrected chi connectivity index (χ3v) is 1.76. The molecule has 2 nitrogen and oxygen atoms in total.